The summed E-state index contributed by atoms with van der Waals surface area (Å²) in [6.45, 7) is 24.0. The molecule has 0 bridgehead atoms. The Hall–Kier alpha value is -0.650. The maximum atomic E-state index is 12.7. The van der Waals surface area contributed by atoms with E-state index in [0.29, 0.717) is 25.7 Å². The first-order valence-electron chi connectivity index (χ1n) is 10.3. The van der Waals surface area contributed by atoms with Crippen molar-refractivity contribution in [2.45, 2.75) is 111 Å². The second-order valence-electron chi connectivity index (χ2n) is 10.00. The highest BCUT2D eigenvalue weighted by molar-refractivity contribution is 5.84. The van der Waals surface area contributed by atoms with E-state index in [-0.39, 0.29) is 22.6 Å². The molecule has 0 aliphatic carbocycles. The van der Waals surface area contributed by atoms with Crippen LogP contribution >= 0.6 is 0 Å². The Kier molecular flexibility index (Phi) is 9.97. The molecular weight excluding hydrogens is 342 g/mol. The predicted octanol–water partition coefficient (Wildman–Crippen LogP) is 4.72. The summed E-state index contributed by atoms with van der Waals surface area (Å²) < 4.78 is 17.6. The lowest BCUT2D eigenvalue weighted by Gasteiger charge is -2.35. The van der Waals surface area contributed by atoms with Gasteiger partial charge in [-0.1, -0.05) is 13.8 Å². The van der Waals surface area contributed by atoms with E-state index >= 15 is 0 Å². The molecule has 0 aromatic heterocycles. The first-order valence-corrected chi connectivity index (χ1v) is 10.3. The lowest BCUT2D eigenvalue weighted by molar-refractivity contribution is -0.147. The molecule has 0 heterocycles. The second kappa shape index (κ2) is 10.2. The minimum atomic E-state index is -0.891. The number of nitrogens with one attached hydrogen (secondary N) is 1. The van der Waals surface area contributed by atoms with Crippen molar-refractivity contribution in [3.05, 3.63) is 0 Å². The highest BCUT2D eigenvalue weighted by Gasteiger charge is 2.34. The van der Waals surface area contributed by atoms with Crippen LogP contribution in [-0.2, 0) is 19.0 Å². The van der Waals surface area contributed by atoms with Gasteiger partial charge in [-0.05, 0) is 81.1 Å². The number of carbonyl (C=O) groups is 1. The van der Waals surface area contributed by atoms with E-state index < -0.39 is 5.60 Å². The summed E-state index contributed by atoms with van der Waals surface area (Å²) in [4.78, 5) is 12.7. The van der Waals surface area contributed by atoms with Crippen LogP contribution in [0.1, 0.15) is 89.0 Å². The molecule has 0 atom stereocenters. The quantitative estimate of drug-likeness (QED) is 0.497. The van der Waals surface area contributed by atoms with Crippen molar-refractivity contribution in [3.8, 4) is 0 Å². The van der Waals surface area contributed by atoms with Crippen LogP contribution in [0.5, 0.6) is 0 Å². The lowest BCUT2D eigenvalue weighted by atomic mass is 9.94. The summed E-state index contributed by atoms with van der Waals surface area (Å²) in [5.41, 5.74) is -1.68. The molecule has 0 saturated carbocycles. The molecule has 0 spiro atoms. The summed E-state index contributed by atoms with van der Waals surface area (Å²) in [5, 5.41) is 3.11. The van der Waals surface area contributed by atoms with Crippen molar-refractivity contribution in [1.82, 2.24) is 5.32 Å². The van der Waals surface area contributed by atoms with Gasteiger partial charge in [-0.25, -0.2) is 0 Å². The Morgan fingerprint density at radius 2 is 1.37 bits per heavy atom. The Morgan fingerprint density at radius 1 is 0.852 bits per heavy atom. The van der Waals surface area contributed by atoms with Crippen molar-refractivity contribution < 1.29 is 19.0 Å². The molecule has 0 aliphatic rings. The molecule has 162 valence electrons. The fraction of sp³-hybridized carbons (Fsp3) is 0.955. The van der Waals surface area contributed by atoms with E-state index in [2.05, 4.69) is 33.0 Å². The van der Waals surface area contributed by atoms with Gasteiger partial charge >= 0.3 is 0 Å². The summed E-state index contributed by atoms with van der Waals surface area (Å²) in [6.07, 6.45) is 1.47. The molecule has 0 aromatic rings. The maximum absolute atomic E-state index is 12.7. The molecule has 5 nitrogen and oxygen atoms in total. The number of hydrogen-bond donors (Lipinski definition) is 1. The summed E-state index contributed by atoms with van der Waals surface area (Å²) in [5.74, 6) is 0.327. The molecule has 0 aromatic carbocycles. The van der Waals surface area contributed by atoms with Crippen molar-refractivity contribution in [2.75, 3.05) is 19.8 Å². The Balaban J connectivity index is 4.52. The van der Waals surface area contributed by atoms with Crippen LogP contribution in [0.2, 0.25) is 0 Å². The van der Waals surface area contributed by atoms with E-state index in [9.17, 15) is 4.79 Å². The van der Waals surface area contributed by atoms with Crippen LogP contribution in [0.25, 0.3) is 0 Å². The van der Waals surface area contributed by atoms with Crippen molar-refractivity contribution in [1.29, 1.82) is 0 Å². The van der Waals surface area contributed by atoms with Crippen molar-refractivity contribution in [3.63, 3.8) is 0 Å². The fourth-order valence-electron chi connectivity index (χ4n) is 2.34. The molecule has 0 unspecified atom stereocenters. The molecule has 0 aliphatic heterocycles. The second-order valence-corrected chi connectivity index (χ2v) is 10.00. The number of amides is 1. The zero-order chi connectivity index (χ0) is 21.5. The highest BCUT2D eigenvalue weighted by atomic mass is 16.5. The topological polar surface area (TPSA) is 56.8 Å². The van der Waals surface area contributed by atoms with Crippen LogP contribution in [-0.4, -0.2) is 48.1 Å². The monoisotopic (exact) mass is 387 g/mol. The fourth-order valence-corrected chi connectivity index (χ4v) is 2.34. The van der Waals surface area contributed by atoms with Gasteiger partial charge in [0.2, 0.25) is 0 Å². The van der Waals surface area contributed by atoms with Gasteiger partial charge in [-0.3, -0.25) is 4.79 Å². The minimum absolute atomic E-state index is 0.107. The molecule has 1 amide bonds. The van der Waals surface area contributed by atoms with E-state index in [1.165, 1.54) is 0 Å². The average Bonchev–Trinajstić information content (AvgIpc) is 2.45. The first kappa shape index (κ1) is 26.4. The van der Waals surface area contributed by atoms with E-state index in [0.717, 1.165) is 12.8 Å². The predicted molar refractivity (Wildman–Crippen MR) is 112 cm³/mol. The summed E-state index contributed by atoms with van der Waals surface area (Å²) >= 11 is 0. The van der Waals surface area contributed by atoms with Crippen LogP contribution in [0.15, 0.2) is 0 Å². The van der Waals surface area contributed by atoms with Crippen molar-refractivity contribution in [2.24, 2.45) is 5.92 Å². The van der Waals surface area contributed by atoms with Gasteiger partial charge in [-0.15, -0.1) is 0 Å². The van der Waals surface area contributed by atoms with Crippen molar-refractivity contribution >= 4 is 5.91 Å². The standard InChI is InChI=1S/C22H45NO4/c1-12-25-20(6,7)14-16-27-22(10,11)18(24)23-19(4,5)13-15-26-21(8,9)17(2)3/h17H,12-16H2,1-11H3,(H,23,24). The number of rotatable bonds is 13. The third-order valence-corrected chi connectivity index (χ3v) is 5.29. The number of hydrogen-bond acceptors (Lipinski definition) is 4. The molecule has 0 rings (SSSR count). The van der Waals surface area contributed by atoms with Crippen LogP contribution in [0.3, 0.4) is 0 Å². The molecule has 0 radical (unpaired) electrons. The molecule has 1 N–H and O–H groups in total. The van der Waals surface area contributed by atoms with Gasteiger partial charge in [0, 0.05) is 18.8 Å². The normalized spacial score (nSPS) is 13.9. The average molecular weight is 388 g/mol. The highest BCUT2D eigenvalue weighted by Crippen LogP contribution is 2.23. The van der Waals surface area contributed by atoms with Gasteiger partial charge in [0.1, 0.15) is 5.60 Å². The summed E-state index contributed by atoms with van der Waals surface area (Å²) in [6, 6.07) is 0. The zero-order valence-electron chi connectivity index (χ0n) is 19.7. The SMILES string of the molecule is CCOC(C)(C)CCOC(C)(C)C(=O)NC(C)(C)CCOC(C)(C)C(C)C. The zero-order valence-corrected chi connectivity index (χ0v) is 19.7. The molecule has 0 fully saturated rings. The Morgan fingerprint density at radius 3 is 1.85 bits per heavy atom. The maximum Gasteiger partial charge on any atom is 0.252 e. The van der Waals surface area contributed by atoms with Gasteiger partial charge in [0.05, 0.1) is 17.8 Å². The molecular formula is C22H45NO4. The minimum Gasteiger partial charge on any atom is -0.376 e. The smallest absolute Gasteiger partial charge is 0.252 e. The third kappa shape index (κ3) is 10.5. The van der Waals surface area contributed by atoms with E-state index in [1.54, 1.807) is 0 Å². The Labute approximate surface area is 167 Å². The van der Waals surface area contributed by atoms with E-state index in [4.69, 9.17) is 14.2 Å². The molecule has 27 heavy (non-hydrogen) atoms. The summed E-state index contributed by atoms with van der Waals surface area (Å²) in [7, 11) is 0. The van der Waals surface area contributed by atoms with Crippen LogP contribution in [0, 0.1) is 5.92 Å². The van der Waals surface area contributed by atoms with Crippen LogP contribution < -0.4 is 5.32 Å². The lowest BCUT2D eigenvalue weighted by Crippen LogP contribution is -2.53. The first-order chi connectivity index (χ1) is 12.0. The van der Waals surface area contributed by atoms with Gasteiger partial charge in [0.25, 0.3) is 5.91 Å². The number of ether oxygens (including phenoxy) is 3. The molecule has 0 saturated heterocycles. The molecule has 5 heteroatoms. The Bertz CT molecular complexity index is 453. The van der Waals surface area contributed by atoms with E-state index in [1.807, 2.05) is 48.5 Å². The van der Waals surface area contributed by atoms with Crippen LogP contribution in [0.4, 0.5) is 0 Å². The number of carbonyl (C=O) groups excluding carboxylic acids is 1. The van der Waals surface area contributed by atoms with Gasteiger partial charge in [0.15, 0.2) is 0 Å². The van der Waals surface area contributed by atoms with Gasteiger partial charge in [-0.2, -0.15) is 0 Å². The van der Waals surface area contributed by atoms with Gasteiger partial charge < -0.3 is 19.5 Å². The largest absolute Gasteiger partial charge is 0.376 e. The third-order valence-electron chi connectivity index (χ3n) is 5.29.